The highest BCUT2D eigenvalue weighted by atomic mass is 16.6. The van der Waals surface area contributed by atoms with Crippen LogP contribution in [0.3, 0.4) is 0 Å². The highest BCUT2D eigenvalue weighted by molar-refractivity contribution is 5.22. The lowest BCUT2D eigenvalue weighted by Crippen LogP contribution is -1.97. The molecular weight excluding hydrogens is 94.0 g/mol. The van der Waals surface area contributed by atoms with Crippen LogP contribution < -0.4 is 0 Å². The van der Waals surface area contributed by atoms with E-state index in [1.807, 2.05) is 0 Å². The maximum absolute atomic E-state index is 8.01. The van der Waals surface area contributed by atoms with Gasteiger partial charge in [-0.3, -0.25) is 4.99 Å². The van der Waals surface area contributed by atoms with Gasteiger partial charge >= 0.3 is 0 Å². The Morgan fingerprint density at radius 2 is 2.43 bits per heavy atom. The predicted molar refractivity (Wildman–Crippen MR) is 27.5 cm³/mol. The minimum absolute atomic E-state index is 0.227. The quantitative estimate of drug-likeness (QED) is 0.300. The molecular formula is C4H9NO2. The molecule has 0 aliphatic carbocycles. The van der Waals surface area contributed by atoms with Gasteiger partial charge in [0.05, 0.1) is 13.2 Å². The number of ether oxygens (including phenoxy) is 1. The van der Waals surface area contributed by atoms with E-state index in [4.69, 9.17) is 5.11 Å². The summed E-state index contributed by atoms with van der Waals surface area (Å²) >= 11 is 0. The summed E-state index contributed by atoms with van der Waals surface area (Å²) in [7, 11) is 0. The summed E-state index contributed by atoms with van der Waals surface area (Å²) in [5.74, 6) is 0. The molecule has 0 bridgehead atoms. The maximum atomic E-state index is 8.01. The number of aliphatic hydroxyl groups is 1. The smallest absolute Gasteiger partial charge is 0.143 e. The van der Waals surface area contributed by atoms with Crippen molar-refractivity contribution >= 4 is 6.72 Å². The van der Waals surface area contributed by atoms with E-state index in [9.17, 15) is 0 Å². The van der Waals surface area contributed by atoms with Crippen LogP contribution >= 0.6 is 0 Å². The third kappa shape index (κ3) is 5.59. The van der Waals surface area contributed by atoms with Crippen molar-refractivity contribution in [3.05, 3.63) is 0 Å². The van der Waals surface area contributed by atoms with Crippen LogP contribution in [0, 0.1) is 0 Å². The van der Waals surface area contributed by atoms with Gasteiger partial charge in [0.1, 0.15) is 6.79 Å². The molecule has 0 saturated carbocycles. The van der Waals surface area contributed by atoms with Crippen LogP contribution in [0.4, 0.5) is 0 Å². The largest absolute Gasteiger partial charge is 0.371 e. The van der Waals surface area contributed by atoms with Crippen molar-refractivity contribution in [1.29, 1.82) is 0 Å². The Morgan fingerprint density at radius 1 is 1.71 bits per heavy atom. The Balaban J connectivity index is 2.56. The molecule has 0 fully saturated rings. The molecule has 0 unspecified atom stereocenters. The monoisotopic (exact) mass is 103 g/mol. The second-order valence-corrected chi connectivity index (χ2v) is 0.985. The average Bonchev–Trinajstić information content (AvgIpc) is 1.69. The molecule has 3 nitrogen and oxygen atoms in total. The zero-order valence-corrected chi connectivity index (χ0v) is 4.13. The minimum Gasteiger partial charge on any atom is -0.371 e. The first kappa shape index (κ1) is 6.59. The molecule has 0 aliphatic heterocycles. The Bertz CT molecular complexity index is 47.0. The van der Waals surface area contributed by atoms with Crippen molar-refractivity contribution in [3.8, 4) is 0 Å². The number of hydrogen-bond acceptors (Lipinski definition) is 3. The molecule has 7 heavy (non-hydrogen) atoms. The van der Waals surface area contributed by atoms with E-state index in [0.717, 1.165) is 0 Å². The van der Waals surface area contributed by atoms with Crippen LogP contribution in [-0.2, 0) is 4.74 Å². The number of hydrogen-bond donors (Lipinski definition) is 1. The van der Waals surface area contributed by atoms with Crippen molar-refractivity contribution in [3.63, 3.8) is 0 Å². The summed E-state index contributed by atoms with van der Waals surface area (Å²) in [4.78, 5) is 3.49. The van der Waals surface area contributed by atoms with Gasteiger partial charge in [0.15, 0.2) is 0 Å². The maximum Gasteiger partial charge on any atom is 0.143 e. The third-order valence-corrected chi connectivity index (χ3v) is 0.485. The van der Waals surface area contributed by atoms with E-state index in [1.54, 1.807) is 0 Å². The molecule has 0 aromatic rings. The summed E-state index contributed by atoms with van der Waals surface area (Å²) in [6, 6.07) is 0. The van der Waals surface area contributed by atoms with Gasteiger partial charge in [-0.2, -0.15) is 0 Å². The lowest BCUT2D eigenvalue weighted by atomic mass is 10.7. The molecule has 0 atom stereocenters. The lowest BCUT2D eigenvalue weighted by molar-refractivity contribution is 0.00286. The summed E-state index contributed by atoms with van der Waals surface area (Å²) in [5, 5.41) is 8.01. The molecule has 3 heteroatoms. The van der Waals surface area contributed by atoms with Gasteiger partial charge in [-0.15, -0.1) is 0 Å². The molecule has 0 heterocycles. The second kappa shape index (κ2) is 5.59. The SMILES string of the molecule is C=NCCOCO. The summed E-state index contributed by atoms with van der Waals surface area (Å²) in [6.07, 6.45) is 0. The second-order valence-electron chi connectivity index (χ2n) is 0.985. The Kier molecular flexibility index (Phi) is 5.26. The van der Waals surface area contributed by atoms with Crippen molar-refractivity contribution in [2.24, 2.45) is 4.99 Å². The Morgan fingerprint density at radius 3 is 2.86 bits per heavy atom. The van der Waals surface area contributed by atoms with Crippen LogP contribution in [0.15, 0.2) is 4.99 Å². The van der Waals surface area contributed by atoms with Gasteiger partial charge in [-0.05, 0) is 6.72 Å². The van der Waals surface area contributed by atoms with Gasteiger partial charge in [-0.25, -0.2) is 0 Å². The topological polar surface area (TPSA) is 41.8 Å². The molecule has 0 aromatic carbocycles. The lowest BCUT2D eigenvalue weighted by Gasteiger charge is -1.91. The van der Waals surface area contributed by atoms with Gasteiger partial charge in [0.25, 0.3) is 0 Å². The third-order valence-electron chi connectivity index (χ3n) is 0.485. The van der Waals surface area contributed by atoms with E-state index < -0.39 is 0 Å². The highest BCUT2D eigenvalue weighted by Gasteiger charge is 1.76. The first-order chi connectivity index (χ1) is 3.41. The van der Waals surface area contributed by atoms with Crippen LogP contribution in [0.1, 0.15) is 0 Å². The number of aliphatic imine (C=N–C) groups is 1. The summed E-state index contributed by atoms with van der Waals surface area (Å²) in [6.45, 7) is 4.01. The van der Waals surface area contributed by atoms with Crippen LogP contribution in [0.5, 0.6) is 0 Å². The molecule has 1 N–H and O–H groups in total. The van der Waals surface area contributed by atoms with Gasteiger partial charge in [-0.1, -0.05) is 0 Å². The van der Waals surface area contributed by atoms with Gasteiger partial charge < -0.3 is 9.84 Å². The number of nitrogens with zero attached hydrogens (tertiary/aromatic N) is 1. The summed E-state index contributed by atoms with van der Waals surface area (Å²) in [5.41, 5.74) is 0. The molecule has 0 aliphatic rings. The Hall–Kier alpha value is -0.410. The van der Waals surface area contributed by atoms with Crippen molar-refractivity contribution < 1.29 is 9.84 Å². The summed E-state index contributed by atoms with van der Waals surface area (Å²) < 4.78 is 4.50. The van der Waals surface area contributed by atoms with Crippen molar-refractivity contribution in [2.45, 2.75) is 0 Å². The fraction of sp³-hybridized carbons (Fsp3) is 0.750. The van der Waals surface area contributed by atoms with E-state index in [2.05, 4.69) is 16.4 Å². The number of rotatable bonds is 4. The molecule has 0 aromatic heterocycles. The standard InChI is InChI=1S/C4H9NO2/c1-5-2-3-7-4-6/h6H,1-4H2. The van der Waals surface area contributed by atoms with Gasteiger partial charge in [0.2, 0.25) is 0 Å². The minimum atomic E-state index is -0.227. The zero-order valence-electron chi connectivity index (χ0n) is 4.13. The highest BCUT2D eigenvalue weighted by Crippen LogP contribution is 1.69. The fourth-order valence-corrected chi connectivity index (χ4v) is 0.194. The van der Waals surface area contributed by atoms with E-state index in [1.165, 1.54) is 0 Å². The molecule has 0 amide bonds. The van der Waals surface area contributed by atoms with Gasteiger partial charge in [0, 0.05) is 0 Å². The molecule has 0 saturated heterocycles. The van der Waals surface area contributed by atoms with Crippen LogP contribution in [-0.4, -0.2) is 31.8 Å². The molecule has 0 spiro atoms. The van der Waals surface area contributed by atoms with Crippen molar-refractivity contribution in [2.75, 3.05) is 19.9 Å². The van der Waals surface area contributed by atoms with E-state index in [-0.39, 0.29) is 6.79 Å². The molecule has 0 radical (unpaired) electrons. The normalized spacial score (nSPS) is 8.71. The fourth-order valence-electron chi connectivity index (χ4n) is 0.194. The number of aliphatic hydroxyl groups excluding tert-OH is 1. The van der Waals surface area contributed by atoms with Crippen LogP contribution in [0.2, 0.25) is 0 Å². The van der Waals surface area contributed by atoms with E-state index >= 15 is 0 Å². The Labute approximate surface area is 42.6 Å². The van der Waals surface area contributed by atoms with E-state index in [0.29, 0.717) is 13.2 Å². The molecule has 0 rings (SSSR count). The average molecular weight is 103 g/mol. The molecule has 42 valence electrons. The zero-order chi connectivity index (χ0) is 5.54. The first-order valence-electron chi connectivity index (χ1n) is 2.03. The predicted octanol–water partition coefficient (Wildman–Crippen LogP) is -0.347. The van der Waals surface area contributed by atoms with Crippen LogP contribution in [0.25, 0.3) is 0 Å². The van der Waals surface area contributed by atoms with Crippen molar-refractivity contribution in [1.82, 2.24) is 0 Å². The first-order valence-corrected chi connectivity index (χ1v) is 2.03.